The molecule has 2 rings (SSSR count). The minimum absolute atomic E-state index is 0.123. The van der Waals surface area contributed by atoms with Crippen LogP contribution in [0.4, 0.5) is 0 Å². The lowest BCUT2D eigenvalue weighted by Crippen LogP contribution is -2.25. The summed E-state index contributed by atoms with van der Waals surface area (Å²) in [6.07, 6.45) is -0.185. The molecule has 0 bridgehead atoms. The molecule has 126 valence electrons. The van der Waals surface area contributed by atoms with Gasteiger partial charge in [0.15, 0.2) is 9.84 Å². The molecule has 0 atom stereocenters. The van der Waals surface area contributed by atoms with E-state index in [9.17, 15) is 13.2 Å². The Kier molecular flexibility index (Phi) is 4.78. The third kappa shape index (κ3) is 4.26. The molecule has 0 aliphatic rings. The van der Waals surface area contributed by atoms with Crippen LogP contribution in [0.1, 0.15) is 32.8 Å². The van der Waals surface area contributed by atoms with Gasteiger partial charge in [-0.3, -0.25) is 4.79 Å². The molecule has 2 aromatic rings. The van der Waals surface area contributed by atoms with Crippen molar-refractivity contribution in [3.63, 3.8) is 0 Å². The summed E-state index contributed by atoms with van der Waals surface area (Å²) in [5, 5.41) is 1.42. The number of ether oxygens (including phenoxy) is 1. The van der Waals surface area contributed by atoms with Crippen molar-refractivity contribution in [3.05, 3.63) is 28.8 Å². The number of fused-ring (bicyclic) bond motifs is 1. The van der Waals surface area contributed by atoms with Gasteiger partial charge in [-0.2, -0.15) is 0 Å². The number of H-pyrrole nitrogens is 1. The van der Waals surface area contributed by atoms with Crippen LogP contribution in [0.25, 0.3) is 10.9 Å². The molecule has 0 unspecified atom stereocenters. The van der Waals surface area contributed by atoms with Gasteiger partial charge in [0.05, 0.1) is 12.2 Å². The molecule has 1 heterocycles. The van der Waals surface area contributed by atoms with Crippen LogP contribution in [0.5, 0.6) is 0 Å². The molecular formula is C16H20ClNO4S. The summed E-state index contributed by atoms with van der Waals surface area (Å²) < 4.78 is 30.2. The molecule has 0 saturated heterocycles. The van der Waals surface area contributed by atoms with Gasteiger partial charge in [-0.05, 0) is 51.5 Å². The molecule has 0 spiro atoms. The van der Waals surface area contributed by atoms with Gasteiger partial charge in [0.25, 0.3) is 0 Å². The van der Waals surface area contributed by atoms with Crippen molar-refractivity contribution >= 4 is 38.3 Å². The Morgan fingerprint density at radius 3 is 2.57 bits per heavy atom. The quantitative estimate of drug-likeness (QED) is 0.847. The third-order valence-corrected chi connectivity index (χ3v) is 5.29. The lowest BCUT2D eigenvalue weighted by atomic mass is 10.2. The Hall–Kier alpha value is -1.53. The first-order valence-electron chi connectivity index (χ1n) is 7.22. The molecule has 23 heavy (non-hydrogen) atoms. The van der Waals surface area contributed by atoms with E-state index in [-0.39, 0.29) is 17.2 Å². The smallest absolute Gasteiger partial charge is 0.307 e. The standard InChI is InChI=1S/C16H20ClNO4S/c1-10-12-9-11(17)5-6-13(12)18-15(10)23(20,21)8-7-14(19)22-16(2,3)4/h5-6,9,18H,7-8H2,1-4H3. The molecule has 5 nitrogen and oxygen atoms in total. The van der Waals surface area contributed by atoms with E-state index in [4.69, 9.17) is 16.3 Å². The van der Waals surface area contributed by atoms with Crippen LogP contribution in [0.2, 0.25) is 5.02 Å². The number of halogens is 1. The summed E-state index contributed by atoms with van der Waals surface area (Å²) in [5.41, 5.74) is 0.670. The zero-order chi connectivity index (χ0) is 17.4. The van der Waals surface area contributed by atoms with Gasteiger partial charge in [0, 0.05) is 15.9 Å². The predicted octanol–water partition coefficient (Wildman–Crippen LogP) is 3.64. The first-order chi connectivity index (χ1) is 10.5. The molecule has 0 amide bonds. The van der Waals surface area contributed by atoms with E-state index in [0.29, 0.717) is 16.1 Å². The van der Waals surface area contributed by atoms with Crippen LogP contribution in [0.15, 0.2) is 23.2 Å². The van der Waals surface area contributed by atoms with Gasteiger partial charge in [-0.1, -0.05) is 11.6 Å². The molecule has 1 aromatic carbocycles. The number of aromatic amines is 1. The second kappa shape index (κ2) is 6.17. The maximum absolute atomic E-state index is 12.5. The Labute approximate surface area is 140 Å². The highest BCUT2D eigenvalue weighted by atomic mass is 35.5. The van der Waals surface area contributed by atoms with Crippen LogP contribution in [-0.2, 0) is 19.4 Å². The molecule has 1 aromatic heterocycles. The van der Waals surface area contributed by atoms with Crippen molar-refractivity contribution in [1.29, 1.82) is 0 Å². The summed E-state index contributed by atoms with van der Waals surface area (Å²) in [6.45, 7) is 6.94. The fourth-order valence-corrected chi connectivity index (χ4v) is 3.95. The summed E-state index contributed by atoms with van der Waals surface area (Å²) in [6, 6.07) is 5.14. The summed E-state index contributed by atoms with van der Waals surface area (Å²) >= 11 is 5.95. The van der Waals surface area contributed by atoms with Crippen molar-refractivity contribution in [1.82, 2.24) is 4.98 Å². The van der Waals surface area contributed by atoms with Crippen LogP contribution < -0.4 is 0 Å². The van der Waals surface area contributed by atoms with Gasteiger partial charge in [-0.15, -0.1) is 0 Å². The summed E-state index contributed by atoms with van der Waals surface area (Å²) in [5.74, 6) is -0.832. The maximum atomic E-state index is 12.5. The third-order valence-electron chi connectivity index (χ3n) is 3.28. The van der Waals surface area contributed by atoms with E-state index in [1.165, 1.54) is 0 Å². The number of benzene rings is 1. The second-order valence-electron chi connectivity index (χ2n) is 6.42. The van der Waals surface area contributed by atoms with Crippen LogP contribution in [0, 0.1) is 6.92 Å². The topological polar surface area (TPSA) is 76.2 Å². The molecule has 1 N–H and O–H groups in total. The highest BCUT2D eigenvalue weighted by molar-refractivity contribution is 7.91. The number of esters is 1. The number of aryl methyl sites for hydroxylation is 1. The number of carbonyl (C=O) groups is 1. The number of rotatable bonds is 4. The second-order valence-corrected chi connectivity index (χ2v) is 8.91. The van der Waals surface area contributed by atoms with E-state index in [2.05, 4.69) is 4.98 Å². The van der Waals surface area contributed by atoms with E-state index in [1.807, 2.05) is 0 Å². The van der Waals surface area contributed by atoms with Gasteiger partial charge < -0.3 is 9.72 Å². The number of sulfone groups is 1. The number of aromatic nitrogens is 1. The monoisotopic (exact) mass is 357 g/mol. The maximum Gasteiger partial charge on any atom is 0.307 e. The molecule has 0 fully saturated rings. The van der Waals surface area contributed by atoms with E-state index in [1.54, 1.807) is 45.9 Å². The minimum Gasteiger partial charge on any atom is -0.460 e. The van der Waals surface area contributed by atoms with Crippen LogP contribution in [-0.4, -0.2) is 30.7 Å². The number of hydrogen-bond acceptors (Lipinski definition) is 4. The summed E-state index contributed by atoms with van der Waals surface area (Å²) in [4.78, 5) is 14.6. The van der Waals surface area contributed by atoms with Gasteiger partial charge >= 0.3 is 5.97 Å². The number of nitrogens with one attached hydrogen (secondary N) is 1. The van der Waals surface area contributed by atoms with E-state index >= 15 is 0 Å². The Morgan fingerprint density at radius 1 is 1.30 bits per heavy atom. The lowest BCUT2D eigenvalue weighted by Gasteiger charge is -2.19. The number of hydrogen-bond donors (Lipinski definition) is 1. The predicted molar refractivity (Wildman–Crippen MR) is 90.6 cm³/mol. The Morgan fingerprint density at radius 2 is 1.96 bits per heavy atom. The van der Waals surface area contributed by atoms with Gasteiger partial charge in [0.2, 0.25) is 0 Å². The fraction of sp³-hybridized carbons (Fsp3) is 0.438. The van der Waals surface area contributed by atoms with Crippen molar-refractivity contribution in [3.8, 4) is 0 Å². The SMILES string of the molecule is Cc1c(S(=O)(=O)CCC(=O)OC(C)(C)C)[nH]c2ccc(Cl)cc12. The first-order valence-corrected chi connectivity index (χ1v) is 9.25. The number of carbonyl (C=O) groups excluding carboxylic acids is 1. The summed E-state index contributed by atoms with van der Waals surface area (Å²) in [7, 11) is -3.62. The van der Waals surface area contributed by atoms with Gasteiger partial charge in [0.1, 0.15) is 10.6 Å². The average Bonchev–Trinajstić information content (AvgIpc) is 2.73. The van der Waals surface area contributed by atoms with Gasteiger partial charge in [-0.25, -0.2) is 8.42 Å². The average molecular weight is 358 g/mol. The molecule has 7 heteroatoms. The Bertz CT molecular complexity index is 847. The fourth-order valence-electron chi connectivity index (χ4n) is 2.30. The normalized spacial score (nSPS) is 12.6. The van der Waals surface area contributed by atoms with Crippen molar-refractivity contribution < 1.29 is 17.9 Å². The molecule has 0 radical (unpaired) electrons. The first kappa shape index (κ1) is 17.8. The lowest BCUT2D eigenvalue weighted by molar-refractivity contribution is -0.154. The highest BCUT2D eigenvalue weighted by Gasteiger charge is 2.24. The van der Waals surface area contributed by atoms with Crippen LogP contribution in [0.3, 0.4) is 0 Å². The van der Waals surface area contributed by atoms with E-state index < -0.39 is 21.4 Å². The minimum atomic E-state index is -3.62. The van der Waals surface area contributed by atoms with Crippen LogP contribution >= 0.6 is 11.6 Å². The molecule has 0 aliphatic heterocycles. The molecular weight excluding hydrogens is 338 g/mol. The zero-order valence-corrected chi connectivity index (χ0v) is 15.1. The van der Waals surface area contributed by atoms with Crippen molar-refractivity contribution in [2.75, 3.05) is 5.75 Å². The Balaban J connectivity index is 2.23. The molecule has 0 aliphatic carbocycles. The van der Waals surface area contributed by atoms with Crippen molar-refractivity contribution in [2.45, 2.75) is 44.7 Å². The van der Waals surface area contributed by atoms with E-state index in [0.717, 1.165) is 5.39 Å². The highest BCUT2D eigenvalue weighted by Crippen LogP contribution is 2.28. The zero-order valence-electron chi connectivity index (χ0n) is 13.6. The largest absolute Gasteiger partial charge is 0.460 e. The molecule has 0 saturated carbocycles. The van der Waals surface area contributed by atoms with Crippen molar-refractivity contribution in [2.24, 2.45) is 0 Å².